The zero-order valence-corrected chi connectivity index (χ0v) is 9.94. The first-order valence-electron chi connectivity index (χ1n) is 5.14. The SMILES string of the molecule is C1CC1.CCC.CCC.COC. The molecule has 1 rings (SSSR count). The van der Waals surface area contributed by atoms with E-state index in [1.807, 2.05) is 0 Å². The molecule has 0 aromatic heterocycles. The summed E-state index contributed by atoms with van der Waals surface area (Å²) < 4.78 is 4.25. The molecule has 0 aromatic carbocycles. The summed E-state index contributed by atoms with van der Waals surface area (Å²) in [6.45, 7) is 8.50. The first-order valence-corrected chi connectivity index (χ1v) is 5.14. The lowest BCUT2D eigenvalue weighted by Gasteiger charge is -1.61. The monoisotopic (exact) mass is 176 g/mol. The summed E-state index contributed by atoms with van der Waals surface area (Å²) >= 11 is 0. The fourth-order valence-corrected chi connectivity index (χ4v) is 0. The molecule has 1 aliphatic carbocycles. The second-order valence-electron chi connectivity index (χ2n) is 2.88. The molecule has 0 N–H and O–H groups in total. The minimum Gasteiger partial charge on any atom is -0.388 e. The van der Waals surface area contributed by atoms with Crippen molar-refractivity contribution in [1.29, 1.82) is 0 Å². The van der Waals surface area contributed by atoms with Crippen molar-refractivity contribution in [3.8, 4) is 0 Å². The van der Waals surface area contributed by atoms with E-state index >= 15 is 0 Å². The molecule has 0 heterocycles. The van der Waals surface area contributed by atoms with Crippen LogP contribution in [0.4, 0.5) is 0 Å². The minimum atomic E-state index is 1.25. The van der Waals surface area contributed by atoms with Crippen molar-refractivity contribution < 1.29 is 4.74 Å². The highest BCUT2D eigenvalue weighted by Crippen LogP contribution is 2.14. The number of rotatable bonds is 0. The van der Waals surface area contributed by atoms with Gasteiger partial charge in [-0.2, -0.15) is 0 Å². The van der Waals surface area contributed by atoms with Gasteiger partial charge in [-0.3, -0.25) is 0 Å². The third-order valence-corrected chi connectivity index (χ3v) is 0.354. The summed E-state index contributed by atoms with van der Waals surface area (Å²) in [6.07, 6.45) is 7.00. The second-order valence-corrected chi connectivity index (χ2v) is 2.88. The largest absolute Gasteiger partial charge is 0.388 e. The molecule has 78 valence electrons. The van der Waals surface area contributed by atoms with Gasteiger partial charge in [-0.15, -0.1) is 0 Å². The van der Waals surface area contributed by atoms with Crippen LogP contribution < -0.4 is 0 Å². The number of ether oxygens (including phenoxy) is 1. The van der Waals surface area contributed by atoms with Crippen molar-refractivity contribution >= 4 is 0 Å². The van der Waals surface area contributed by atoms with Gasteiger partial charge in [0.2, 0.25) is 0 Å². The first-order chi connectivity index (χ1) is 5.74. The maximum Gasteiger partial charge on any atom is 0.0351 e. The van der Waals surface area contributed by atoms with E-state index in [0.29, 0.717) is 0 Å². The molecule has 1 nitrogen and oxygen atoms in total. The van der Waals surface area contributed by atoms with E-state index in [1.54, 1.807) is 14.2 Å². The lowest BCUT2D eigenvalue weighted by Crippen LogP contribution is -1.55. The molecule has 1 aliphatic rings. The van der Waals surface area contributed by atoms with Crippen molar-refractivity contribution in [2.45, 2.75) is 59.8 Å². The molecule has 1 heteroatoms. The fraction of sp³-hybridized carbons (Fsp3) is 1.00. The van der Waals surface area contributed by atoms with Crippen LogP contribution >= 0.6 is 0 Å². The molecular formula is C11H28O. The summed E-state index contributed by atoms with van der Waals surface area (Å²) in [5, 5.41) is 0. The molecule has 0 spiro atoms. The van der Waals surface area contributed by atoms with Crippen LogP contribution in [0.3, 0.4) is 0 Å². The summed E-state index contributed by atoms with van der Waals surface area (Å²) in [6, 6.07) is 0. The van der Waals surface area contributed by atoms with Gasteiger partial charge in [-0.1, -0.05) is 59.8 Å². The van der Waals surface area contributed by atoms with Crippen molar-refractivity contribution in [3.05, 3.63) is 0 Å². The fourth-order valence-electron chi connectivity index (χ4n) is 0. The normalized spacial score (nSPS) is 10.5. The van der Waals surface area contributed by atoms with Gasteiger partial charge in [0.25, 0.3) is 0 Å². The van der Waals surface area contributed by atoms with E-state index < -0.39 is 0 Å². The molecule has 0 aliphatic heterocycles. The minimum absolute atomic E-state index is 1.25. The second kappa shape index (κ2) is 30.6. The number of methoxy groups -OCH3 is 1. The van der Waals surface area contributed by atoms with Gasteiger partial charge in [0, 0.05) is 14.2 Å². The summed E-state index contributed by atoms with van der Waals surface area (Å²) in [5.74, 6) is 0. The summed E-state index contributed by atoms with van der Waals surface area (Å²) in [5.41, 5.74) is 0. The van der Waals surface area contributed by atoms with E-state index in [0.717, 1.165) is 0 Å². The predicted molar refractivity (Wildman–Crippen MR) is 58.7 cm³/mol. The average molecular weight is 176 g/mol. The van der Waals surface area contributed by atoms with Crippen LogP contribution in [0.15, 0.2) is 0 Å². The molecule has 0 saturated heterocycles. The maximum absolute atomic E-state index is 4.25. The number of hydrogen-bond acceptors (Lipinski definition) is 1. The Labute approximate surface area is 79.5 Å². The molecule has 1 saturated carbocycles. The van der Waals surface area contributed by atoms with Crippen molar-refractivity contribution in [2.75, 3.05) is 14.2 Å². The Morgan fingerprint density at radius 2 is 0.833 bits per heavy atom. The molecule has 0 unspecified atom stereocenters. The molecule has 0 amide bonds. The molecule has 0 atom stereocenters. The molecule has 1 fully saturated rings. The highest BCUT2D eigenvalue weighted by atomic mass is 16.4. The standard InChI is InChI=1S/C3H6.2C3H8.C2H6O/c1-2-3-1;3*1-3-2/h1-3H2;2*3H2,1-2H3;1-2H3. The van der Waals surface area contributed by atoms with Gasteiger partial charge in [0.15, 0.2) is 0 Å². The lowest BCUT2D eigenvalue weighted by molar-refractivity contribution is 0.277. The molecule has 12 heavy (non-hydrogen) atoms. The van der Waals surface area contributed by atoms with Crippen molar-refractivity contribution in [2.24, 2.45) is 0 Å². The Morgan fingerprint density at radius 3 is 0.833 bits per heavy atom. The van der Waals surface area contributed by atoms with E-state index in [9.17, 15) is 0 Å². The van der Waals surface area contributed by atoms with Gasteiger partial charge in [-0.05, 0) is 0 Å². The lowest BCUT2D eigenvalue weighted by atomic mass is 10.6. The quantitative estimate of drug-likeness (QED) is 0.535. The van der Waals surface area contributed by atoms with E-state index in [4.69, 9.17) is 0 Å². The Kier molecular flexibility index (Phi) is 45.6. The van der Waals surface area contributed by atoms with Crippen LogP contribution in [0, 0.1) is 0 Å². The Hall–Kier alpha value is -0.0400. The molecule has 0 radical (unpaired) electrons. The van der Waals surface area contributed by atoms with E-state index in [1.165, 1.54) is 32.1 Å². The summed E-state index contributed by atoms with van der Waals surface area (Å²) in [4.78, 5) is 0. The van der Waals surface area contributed by atoms with Crippen LogP contribution in [-0.2, 0) is 4.74 Å². The van der Waals surface area contributed by atoms with Crippen LogP contribution in [0.2, 0.25) is 0 Å². The highest BCUT2D eigenvalue weighted by molar-refractivity contribution is 4.50. The van der Waals surface area contributed by atoms with Crippen LogP contribution in [0.1, 0.15) is 59.8 Å². The van der Waals surface area contributed by atoms with E-state index in [2.05, 4.69) is 32.4 Å². The van der Waals surface area contributed by atoms with Crippen molar-refractivity contribution in [3.63, 3.8) is 0 Å². The topological polar surface area (TPSA) is 9.23 Å². The van der Waals surface area contributed by atoms with Gasteiger partial charge >= 0.3 is 0 Å². The van der Waals surface area contributed by atoms with E-state index in [-0.39, 0.29) is 0 Å². The van der Waals surface area contributed by atoms with Crippen LogP contribution in [0.5, 0.6) is 0 Å². The average Bonchev–Trinajstić information content (AvgIpc) is 2.74. The Balaban J connectivity index is -0.0000000900. The van der Waals surface area contributed by atoms with Crippen LogP contribution in [0.25, 0.3) is 0 Å². The van der Waals surface area contributed by atoms with Gasteiger partial charge < -0.3 is 4.74 Å². The molecular weight excluding hydrogens is 148 g/mol. The third-order valence-electron chi connectivity index (χ3n) is 0.354. The maximum atomic E-state index is 4.25. The zero-order chi connectivity index (χ0) is 10.2. The molecule has 0 aromatic rings. The first kappa shape index (κ1) is 17.9. The Morgan fingerprint density at radius 1 is 0.750 bits per heavy atom. The van der Waals surface area contributed by atoms with Gasteiger partial charge in [0.1, 0.15) is 0 Å². The third kappa shape index (κ3) is 868. The van der Waals surface area contributed by atoms with Gasteiger partial charge in [0.05, 0.1) is 0 Å². The molecule has 0 bridgehead atoms. The zero-order valence-electron chi connectivity index (χ0n) is 9.94. The predicted octanol–water partition coefficient (Wildman–Crippen LogP) is 4.27. The van der Waals surface area contributed by atoms with Gasteiger partial charge in [-0.25, -0.2) is 0 Å². The highest BCUT2D eigenvalue weighted by Gasteiger charge is 1.95. The van der Waals surface area contributed by atoms with Crippen molar-refractivity contribution in [1.82, 2.24) is 0 Å². The number of hydrogen-bond donors (Lipinski definition) is 0. The van der Waals surface area contributed by atoms with Crippen LogP contribution in [-0.4, -0.2) is 14.2 Å². The summed E-state index contributed by atoms with van der Waals surface area (Å²) in [7, 11) is 3.25. The smallest absolute Gasteiger partial charge is 0.0351 e. The Bertz CT molecular complexity index is 26.5.